The number of hydrogen-bond donors (Lipinski definition) is 1. The first-order valence-corrected chi connectivity index (χ1v) is 17.5. The van der Waals surface area contributed by atoms with E-state index in [9.17, 15) is 4.79 Å². The lowest BCUT2D eigenvalue weighted by atomic mass is 10.1. The van der Waals surface area contributed by atoms with Crippen molar-refractivity contribution in [2.75, 3.05) is 18.5 Å². The van der Waals surface area contributed by atoms with Crippen molar-refractivity contribution in [1.29, 1.82) is 0 Å². The highest BCUT2D eigenvalue weighted by Gasteiger charge is 2.11. The van der Waals surface area contributed by atoms with Gasteiger partial charge in [0, 0.05) is 26.4 Å². The molecule has 0 aliphatic heterocycles. The molecule has 3 nitrogen and oxygen atoms in total. The van der Waals surface area contributed by atoms with Crippen molar-refractivity contribution in [2.45, 2.75) is 110 Å². The van der Waals surface area contributed by atoms with Gasteiger partial charge >= 0.3 is 5.97 Å². The fraction of sp³-hybridized carbons (Fsp3) is 0.633. The van der Waals surface area contributed by atoms with E-state index in [0.717, 1.165) is 12.1 Å². The van der Waals surface area contributed by atoms with Crippen molar-refractivity contribution in [2.24, 2.45) is 0 Å². The highest BCUT2D eigenvalue weighted by Crippen LogP contribution is 2.17. The second kappa shape index (κ2) is 19.5. The maximum absolute atomic E-state index is 11.2. The van der Waals surface area contributed by atoms with Gasteiger partial charge in [0.25, 0.3) is 0 Å². The van der Waals surface area contributed by atoms with Gasteiger partial charge in [-0.1, -0.05) is 127 Å². The molecular weight excluding hydrogens is 434 g/mol. The first kappa shape index (κ1) is 30.2. The van der Waals surface area contributed by atoms with Crippen LogP contribution < -0.4 is 5.32 Å². The zero-order chi connectivity index (χ0) is 24.9. The predicted molar refractivity (Wildman–Crippen MR) is 153 cm³/mol. The molecule has 0 spiro atoms. The predicted octanol–water partition coefficient (Wildman–Crippen LogP) is 9.25. The van der Waals surface area contributed by atoms with Crippen molar-refractivity contribution in [3.63, 3.8) is 0 Å². The third-order valence-corrected chi connectivity index (χ3v) is 7.87. The SMILES string of the molecule is CCOC(=O)/C=C/C=C/c1ccc(NCCCCCCCCCCCCCC[Si](C)(C)C)cc1. The largest absolute Gasteiger partial charge is 0.463 e. The van der Waals surface area contributed by atoms with Crippen LogP contribution >= 0.6 is 0 Å². The average Bonchev–Trinajstić information content (AvgIpc) is 2.79. The highest BCUT2D eigenvalue weighted by atomic mass is 28.3. The molecule has 1 N–H and O–H groups in total. The lowest BCUT2D eigenvalue weighted by Gasteiger charge is -2.14. The molecule has 1 aromatic rings. The number of anilines is 1. The van der Waals surface area contributed by atoms with Crippen molar-refractivity contribution in [1.82, 2.24) is 0 Å². The fourth-order valence-electron chi connectivity index (χ4n) is 3.98. The molecule has 192 valence electrons. The molecule has 0 saturated heterocycles. The van der Waals surface area contributed by atoms with E-state index in [1.165, 1.54) is 94.9 Å². The summed E-state index contributed by atoms with van der Waals surface area (Å²) in [5, 5.41) is 3.52. The number of ether oxygens (including phenoxy) is 1. The molecule has 0 aliphatic rings. The second-order valence-corrected chi connectivity index (χ2v) is 16.2. The first-order valence-electron chi connectivity index (χ1n) is 13.8. The van der Waals surface area contributed by atoms with Crippen LogP contribution in [0.2, 0.25) is 25.7 Å². The minimum atomic E-state index is -0.809. The molecule has 0 aromatic heterocycles. The standard InChI is InChI=1S/C30H51NO2Si/c1-5-33-30(32)21-17-16-20-28-22-24-29(25-23-28)31-26-18-14-12-10-8-6-7-9-11-13-15-19-27-34(2,3)4/h16-17,20-25,31H,5-15,18-19,26-27H2,1-4H3/b20-16+,21-17+. The maximum Gasteiger partial charge on any atom is 0.330 e. The van der Waals surface area contributed by atoms with Crippen LogP contribution in [0.5, 0.6) is 0 Å². The lowest BCUT2D eigenvalue weighted by molar-refractivity contribution is -0.137. The Kier molecular flexibility index (Phi) is 17.3. The summed E-state index contributed by atoms with van der Waals surface area (Å²) >= 11 is 0. The van der Waals surface area contributed by atoms with E-state index >= 15 is 0 Å². The average molecular weight is 486 g/mol. The van der Waals surface area contributed by atoms with Gasteiger partial charge in [0.2, 0.25) is 0 Å². The Bertz CT molecular complexity index is 689. The quantitative estimate of drug-likeness (QED) is 0.0657. The van der Waals surface area contributed by atoms with Crippen LogP contribution in [-0.4, -0.2) is 27.2 Å². The summed E-state index contributed by atoms with van der Waals surface area (Å²) in [4.78, 5) is 11.2. The number of esters is 1. The molecule has 0 unspecified atom stereocenters. The number of benzene rings is 1. The number of nitrogens with one attached hydrogen (secondary N) is 1. The number of hydrogen-bond acceptors (Lipinski definition) is 3. The van der Waals surface area contributed by atoms with Gasteiger partial charge in [0.15, 0.2) is 0 Å². The van der Waals surface area contributed by atoms with Gasteiger partial charge in [0.1, 0.15) is 0 Å². The monoisotopic (exact) mass is 485 g/mol. The van der Waals surface area contributed by atoms with Crippen molar-refractivity contribution >= 4 is 25.8 Å². The zero-order valence-electron chi connectivity index (χ0n) is 22.5. The van der Waals surface area contributed by atoms with E-state index in [0.29, 0.717) is 6.61 Å². The molecule has 1 aromatic carbocycles. The third-order valence-electron chi connectivity index (χ3n) is 6.01. The summed E-state index contributed by atoms with van der Waals surface area (Å²) in [6.45, 7) is 10.7. The van der Waals surface area contributed by atoms with Crippen molar-refractivity contribution in [3.8, 4) is 0 Å². The Morgan fingerprint density at radius 2 is 1.32 bits per heavy atom. The summed E-state index contributed by atoms with van der Waals surface area (Å²) < 4.78 is 4.85. The van der Waals surface area contributed by atoms with Gasteiger partial charge in [-0.05, 0) is 31.0 Å². The van der Waals surface area contributed by atoms with Crippen LogP contribution in [0.1, 0.15) is 89.5 Å². The van der Waals surface area contributed by atoms with Crippen LogP contribution in [0.4, 0.5) is 5.69 Å². The van der Waals surface area contributed by atoms with Gasteiger partial charge < -0.3 is 10.1 Å². The smallest absolute Gasteiger partial charge is 0.330 e. The molecule has 1 rings (SSSR count). The third kappa shape index (κ3) is 18.6. The molecule has 0 radical (unpaired) electrons. The molecule has 34 heavy (non-hydrogen) atoms. The van der Waals surface area contributed by atoms with Crippen LogP contribution in [0.25, 0.3) is 6.08 Å². The lowest BCUT2D eigenvalue weighted by Crippen LogP contribution is -2.18. The van der Waals surface area contributed by atoms with Crippen LogP contribution in [0, 0.1) is 0 Å². The normalized spacial score (nSPS) is 12.0. The van der Waals surface area contributed by atoms with E-state index in [2.05, 4.69) is 49.2 Å². The molecular formula is C30H51NO2Si. The number of unbranched alkanes of at least 4 members (excludes halogenated alkanes) is 11. The van der Waals surface area contributed by atoms with Gasteiger partial charge in [-0.15, -0.1) is 0 Å². The maximum atomic E-state index is 11.2. The zero-order valence-corrected chi connectivity index (χ0v) is 23.5. The van der Waals surface area contributed by atoms with E-state index in [-0.39, 0.29) is 5.97 Å². The molecule has 0 aliphatic carbocycles. The number of carbonyl (C=O) groups excluding carboxylic acids is 1. The Hall–Kier alpha value is -1.81. The summed E-state index contributed by atoms with van der Waals surface area (Å²) in [6.07, 6.45) is 23.8. The van der Waals surface area contributed by atoms with Gasteiger partial charge in [0.05, 0.1) is 6.61 Å². The van der Waals surface area contributed by atoms with Crippen LogP contribution in [0.15, 0.2) is 42.5 Å². The van der Waals surface area contributed by atoms with E-state index in [4.69, 9.17) is 4.74 Å². The molecule has 0 amide bonds. The van der Waals surface area contributed by atoms with Gasteiger partial charge in [-0.25, -0.2) is 4.79 Å². The Morgan fingerprint density at radius 3 is 1.85 bits per heavy atom. The molecule has 0 heterocycles. The summed E-state index contributed by atoms with van der Waals surface area (Å²) in [7, 11) is -0.809. The molecule has 0 fully saturated rings. The number of carbonyl (C=O) groups is 1. The first-order chi connectivity index (χ1) is 16.4. The van der Waals surface area contributed by atoms with Crippen molar-refractivity contribution in [3.05, 3.63) is 48.1 Å². The molecule has 0 saturated carbocycles. The minimum absolute atomic E-state index is 0.305. The Balaban J connectivity index is 1.94. The Morgan fingerprint density at radius 1 is 0.794 bits per heavy atom. The summed E-state index contributed by atoms with van der Waals surface area (Å²) in [6, 6.07) is 9.91. The fourth-order valence-corrected chi connectivity index (χ4v) is 5.29. The number of allylic oxidation sites excluding steroid dienone is 2. The van der Waals surface area contributed by atoms with E-state index < -0.39 is 8.07 Å². The van der Waals surface area contributed by atoms with Crippen molar-refractivity contribution < 1.29 is 9.53 Å². The van der Waals surface area contributed by atoms with E-state index in [1.54, 1.807) is 13.0 Å². The topological polar surface area (TPSA) is 38.3 Å². The van der Waals surface area contributed by atoms with Crippen LogP contribution in [-0.2, 0) is 9.53 Å². The Labute approximate surface area is 211 Å². The van der Waals surface area contributed by atoms with Gasteiger partial charge in [-0.2, -0.15) is 0 Å². The highest BCUT2D eigenvalue weighted by molar-refractivity contribution is 6.76. The van der Waals surface area contributed by atoms with Gasteiger partial charge in [-0.3, -0.25) is 0 Å². The second-order valence-electron chi connectivity index (χ2n) is 10.6. The minimum Gasteiger partial charge on any atom is -0.463 e. The summed E-state index contributed by atoms with van der Waals surface area (Å²) in [5.41, 5.74) is 2.28. The van der Waals surface area contributed by atoms with E-state index in [1.807, 2.05) is 12.2 Å². The molecule has 0 bridgehead atoms. The van der Waals surface area contributed by atoms with Crippen LogP contribution in [0.3, 0.4) is 0 Å². The number of rotatable bonds is 20. The molecule has 0 atom stereocenters. The molecule has 4 heteroatoms. The summed E-state index contributed by atoms with van der Waals surface area (Å²) in [5.74, 6) is -0.305.